The van der Waals surface area contributed by atoms with Gasteiger partial charge in [0.15, 0.2) is 5.54 Å². The Labute approximate surface area is 160 Å². The molecular weight excluding hydrogens is 356 g/mol. The molecule has 6 heteroatoms. The molecule has 0 aliphatic carbocycles. The molecule has 1 aliphatic heterocycles. The van der Waals surface area contributed by atoms with Gasteiger partial charge in [-0.15, -0.1) is 11.3 Å². The summed E-state index contributed by atoms with van der Waals surface area (Å²) in [7, 11) is 0. The third kappa shape index (κ3) is 2.88. The molecular formula is C21H14N4OS. The largest absolute Gasteiger partial charge is 0.287 e. The van der Waals surface area contributed by atoms with Crippen molar-refractivity contribution < 1.29 is 4.79 Å². The Morgan fingerprint density at radius 1 is 1.19 bits per heavy atom. The van der Waals surface area contributed by atoms with Gasteiger partial charge in [0.25, 0.3) is 0 Å². The molecule has 1 aliphatic rings. The van der Waals surface area contributed by atoms with Crippen LogP contribution in [0, 0.1) is 18.3 Å². The first-order chi connectivity index (χ1) is 13.1. The first-order valence-corrected chi connectivity index (χ1v) is 9.18. The Morgan fingerprint density at radius 3 is 2.78 bits per heavy atom. The number of carbonyl (C=O) groups excluding carboxylic acids is 1. The van der Waals surface area contributed by atoms with E-state index in [1.807, 2.05) is 36.6 Å². The van der Waals surface area contributed by atoms with E-state index in [1.165, 1.54) is 11.3 Å². The summed E-state index contributed by atoms with van der Waals surface area (Å²) in [5.41, 5.74) is 2.04. The van der Waals surface area contributed by atoms with Crippen molar-refractivity contribution in [2.45, 2.75) is 12.5 Å². The number of hydrogen-bond acceptors (Lipinski definition) is 6. The van der Waals surface area contributed by atoms with Crippen LogP contribution in [0.4, 0.5) is 0 Å². The van der Waals surface area contributed by atoms with E-state index in [4.69, 9.17) is 4.99 Å². The molecule has 0 spiro atoms. The van der Waals surface area contributed by atoms with E-state index in [1.54, 1.807) is 36.7 Å². The SMILES string of the molecule is Cc1ccccc1C(=O)C1=NC(c2ccnc(C#N)c2)(c2nccs2)C=C1. The third-order valence-electron chi connectivity index (χ3n) is 4.47. The number of carbonyl (C=O) groups is 1. The van der Waals surface area contributed by atoms with E-state index in [9.17, 15) is 10.1 Å². The summed E-state index contributed by atoms with van der Waals surface area (Å²) in [4.78, 5) is 26.3. The number of nitrogens with zero attached hydrogens (tertiary/aromatic N) is 4. The Hall–Kier alpha value is -3.43. The van der Waals surface area contributed by atoms with E-state index in [2.05, 4.69) is 16.0 Å². The molecule has 2 aromatic heterocycles. The van der Waals surface area contributed by atoms with Crippen LogP contribution in [0.25, 0.3) is 0 Å². The second-order valence-electron chi connectivity index (χ2n) is 6.12. The normalized spacial score (nSPS) is 18.1. The van der Waals surface area contributed by atoms with E-state index in [0.29, 0.717) is 17.0 Å². The number of aliphatic imine (C=N–C) groups is 1. The number of pyridine rings is 1. The van der Waals surface area contributed by atoms with Gasteiger partial charge in [-0.2, -0.15) is 5.26 Å². The fourth-order valence-electron chi connectivity index (χ4n) is 3.10. The van der Waals surface area contributed by atoms with Crippen LogP contribution in [-0.2, 0) is 5.54 Å². The zero-order chi connectivity index (χ0) is 18.9. The minimum absolute atomic E-state index is 0.127. The number of ketones is 1. The number of benzene rings is 1. The maximum absolute atomic E-state index is 13.0. The van der Waals surface area contributed by atoms with Crippen LogP contribution in [0.3, 0.4) is 0 Å². The lowest BCUT2D eigenvalue weighted by Gasteiger charge is -2.22. The zero-order valence-electron chi connectivity index (χ0n) is 14.5. The average molecular weight is 370 g/mol. The lowest BCUT2D eigenvalue weighted by Crippen LogP contribution is -2.22. The van der Waals surface area contributed by atoms with E-state index >= 15 is 0 Å². The van der Waals surface area contributed by atoms with Crippen molar-refractivity contribution in [3.63, 3.8) is 0 Å². The van der Waals surface area contributed by atoms with Gasteiger partial charge in [-0.25, -0.2) is 9.97 Å². The van der Waals surface area contributed by atoms with Gasteiger partial charge in [0.1, 0.15) is 22.5 Å². The minimum atomic E-state index is -0.920. The van der Waals surface area contributed by atoms with Crippen molar-refractivity contribution in [2.75, 3.05) is 0 Å². The molecule has 5 nitrogen and oxygen atoms in total. The van der Waals surface area contributed by atoms with Gasteiger partial charge in [0.2, 0.25) is 5.78 Å². The Kier molecular flexibility index (Phi) is 4.22. The molecule has 4 rings (SSSR count). The Morgan fingerprint density at radius 2 is 2.04 bits per heavy atom. The van der Waals surface area contributed by atoms with Crippen molar-refractivity contribution in [3.05, 3.63) is 93.7 Å². The molecule has 3 aromatic rings. The zero-order valence-corrected chi connectivity index (χ0v) is 15.3. The Balaban J connectivity index is 1.85. The third-order valence-corrected chi connectivity index (χ3v) is 5.37. The maximum Gasteiger partial charge on any atom is 0.211 e. The number of Topliss-reactive ketones (excluding diaryl/α,β-unsaturated/α-hetero) is 1. The molecule has 0 saturated carbocycles. The quantitative estimate of drug-likeness (QED) is 0.653. The topological polar surface area (TPSA) is 79.0 Å². The van der Waals surface area contributed by atoms with Gasteiger partial charge in [-0.3, -0.25) is 9.79 Å². The molecule has 0 saturated heterocycles. The van der Waals surface area contributed by atoms with Gasteiger partial charge in [0.05, 0.1) is 0 Å². The van der Waals surface area contributed by atoms with Gasteiger partial charge in [-0.1, -0.05) is 24.3 Å². The fraction of sp³-hybridized carbons (Fsp3) is 0.0952. The summed E-state index contributed by atoms with van der Waals surface area (Å²) in [5.74, 6) is -0.127. The summed E-state index contributed by atoms with van der Waals surface area (Å²) in [6.45, 7) is 1.91. The van der Waals surface area contributed by atoms with Gasteiger partial charge < -0.3 is 0 Å². The lowest BCUT2D eigenvalue weighted by atomic mass is 9.92. The van der Waals surface area contributed by atoms with Gasteiger partial charge >= 0.3 is 0 Å². The van der Waals surface area contributed by atoms with Crippen molar-refractivity contribution in [1.82, 2.24) is 9.97 Å². The molecule has 130 valence electrons. The number of allylic oxidation sites excluding steroid dienone is 1. The fourth-order valence-corrected chi connectivity index (χ4v) is 3.88. The van der Waals surface area contributed by atoms with E-state index < -0.39 is 5.54 Å². The summed E-state index contributed by atoms with van der Waals surface area (Å²) in [5, 5.41) is 11.8. The second-order valence-corrected chi connectivity index (χ2v) is 7.01. The summed E-state index contributed by atoms with van der Waals surface area (Å²) < 4.78 is 0. The van der Waals surface area contributed by atoms with Crippen LogP contribution < -0.4 is 0 Å². The molecule has 3 heterocycles. The predicted octanol–water partition coefficient (Wildman–Crippen LogP) is 3.86. The number of thiazole rings is 1. The first kappa shape index (κ1) is 17.0. The van der Waals surface area contributed by atoms with E-state index in [-0.39, 0.29) is 5.78 Å². The Bertz CT molecular complexity index is 1130. The molecule has 1 aromatic carbocycles. The van der Waals surface area contributed by atoms with Crippen molar-refractivity contribution in [2.24, 2.45) is 4.99 Å². The highest BCUT2D eigenvalue weighted by atomic mass is 32.1. The summed E-state index contributed by atoms with van der Waals surface area (Å²) >= 11 is 1.46. The number of hydrogen-bond donors (Lipinski definition) is 0. The molecule has 1 unspecified atom stereocenters. The van der Waals surface area contributed by atoms with Gasteiger partial charge in [-0.05, 0) is 42.3 Å². The number of rotatable bonds is 4. The molecule has 27 heavy (non-hydrogen) atoms. The molecule has 0 amide bonds. The molecule has 0 fully saturated rings. The standard InChI is InChI=1S/C21H14N4OS/c1-14-4-2-3-5-17(14)19(26)18-6-8-21(25-18,20-24-10-11-27-20)15-7-9-23-16(12-15)13-22/h2-12H,1H3. The van der Waals surface area contributed by atoms with Crippen LogP contribution >= 0.6 is 11.3 Å². The number of nitriles is 1. The highest BCUT2D eigenvalue weighted by Gasteiger charge is 2.39. The van der Waals surface area contributed by atoms with Crippen molar-refractivity contribution in [3.8, 4) is 6.07 Å². The van der Waals surface area contributed by atoms with Gasteiger partial charge in [0, 0.05) is 23.3 Å². The van der Waals surface area contributed by atoms with Crippen LogP contribution in [0.1, 0.15) is 32.2 Å². The maximum atomic E-state index is 13.0. The van der Waals surface area contributed by atoms with E-state index in [0.717, 1.165) is 16.1 Å². The highest BCUT2D eigenvalue weighted by Crippen LogP contribution is 2.40. The summed E-state index contributed by atoms with van der Waals surface area (Å²) in [6.07, 6.45) is 6.89. The smallest absolute Gasteiger partial charge is 0.211 e. The van der Waals surface area contributed by atoms with Crippen LogP contribution in [0.2, 0.25) is 0 Å². The number of aromatic nitrogens is 2. The average Bonchev–Trinajstić information content (AvgIpc) is 3.38. The predicted molar refractivity (Wildman–Crippen MR) is 104 cm³/mol. The monoisotopic (exact) mass is 370 g/mol. The number of aryl methyl sites for hydroxylation is 1. The molecule has 0 radical (unpaired) electrons. The van der Waals surface area contributed by atoms with Crippen LogP contribution in [-0.4, -0.2) is 21.5 Å². The molecule has 0 N–H and O–H groups in total. The van der Waals surface area contributed by atoms with Crippen LogP contribution in [0.15, 0.2) is 71.3 Å². The molecule has 1 atom stereocenters. The first-order valence-electron chi connectivity index (χ1n) is 8.30. The molecule has 0 bridgehead atoms. The van der Waals surface area contributed by atoms with Crippen LogP contribution in [0.5, 0.6) is 0 Å². The van der Waals surface area contributed by atoms with Crippen molar-refractivity contribution >= 4 is 22.8 Å². The second kappa shape index (κ2) is 6.71. The lowest BCUT2D eigenvalue weighted by molar-refractivity contribution is 0.106. The highest BCUT2D eigenvalue weighted by molar-refractivity contribution is 7.09. The van der Waals surface area contributed by atoms with Crippen molar-refractivity contribution in [1.29, 1.82) is 5.26 Å². The minimum Gasteiger partial charge on any atom is -0.287 e. The summed E-state index contributed by atoms with van der Waals surface area (Å²) in [6, 6.07) is 13.0.